The van der Waals surface area contributed by atoms with Crippen LogP contribution < -0.4 is 5.32 Å². The second-order valence-corrected chi connectivity index (χ2v) is 5.43. The molecule has 0 amide bonds. The number of thioether (sulfide) groups is 1. The summed E-state index contributed by atoms with van der Waals surface area (Å²) in [6, 6.07) is 2.53. The summed E-state index contributed by atoms with van der Waals surface area (Å²) in [7, 11) is 4.01. The lowest BCUT2D eigenvalue weighted by molar-refractivity contribution is 0.500. The second kappa shape index (κ2) is 5.03. The van der Waals surface area contributed by atoms with Gasteiger partial charge in [-0.1, -0.05) is 6.42 Å². The molecule has 0 radical (unpaired) electrons. The Morgan fingerprint density at radius 2 is 2.47 bits per heavy atom. The van der Waals surface area contributed by atoms with Crippen LogP contribution in [0.5, 0.6) is 0 Å². The fourth-order valence-electron chi connectivity index (χ4n) is 2.15. The lowest BCUT2D eigenvalue weighted by Gasteiger charge is -2.28. The van der Waals surface area contributed by atoms with Crippen molar-refractivity contribution >= 4 is 11.8 Å². The van der Waals surface area contributed by atoms with Crippen molar-refractivity contribution in [3.63, 3.8) is 0 Å². The highest BCUT2D eigenvalue weighted by Gasteiger charge is 2.25. The highest BCUT2D eigenvalue weighted by atomic mass is 32.2. The maximum Gasteiger partial charge on any atom is 0.0805 e. The summed E-state index contributed by atoms with van der Waals surface area (Å²) in [4.78, 5) is 0. The maximum absolute atomic E-state index is 4.50. The van der Waals surface area contributed by atoms with Crippen molar-refractivity contribution in [1.82, 2.24) is 15.1 Å². The van der Waals surface area contributed by atoms with Crippen LogP contribution in [0.25, 0.3) is 0 Å². The summed E-state index contributed by atoms with van der Waals surface area (Å²) in [5, 5.41) is 8.60. The molecule has 1 aromatic heterocycles. The zero-order valence-electron chi connectivity index (χ0n) is 9.44. The van der Waals surface area contributed by atoms with Crippen LogP contribution in [-0.4, -0.2) is 27.8 Å². The normalized spacial score (nSPS) is 24.0. The van der Waals surface area contributed by atoms with Gasteiger partial charge in [0, 0.05) is 18.5 Å². The molecule has 15 heavy (non-hydrogen) atoms. The molecule has 2 rings (SSSR count). The van der Waals surface area contributed by atoms with Crippen molar-refractivity contribution in [2.75, 3.05) is 12.8 Å². The molecule has 0 spiro atoms. The predicted molar refractivity (Wildman–Crippen MR) is 65.1 cm³/mol. The first-order valence-electron chi connectivity index (χ1n) is 5.59. The molecule has 0 bridgehead atoms. The molecule has 1 aromatic rings. The average molecular weight is 225 g/mol. The summed E-state index contributed by atoms with van der Waals surface area (Å²) < 4.78 is 1.88. The van der Waals surface area contributed by atoms with Gasteiger partial charge in [-0.05, 0) is 31.7 Å². The second-order valence-electron chi connectivity index (χ2n) is 4.09. The van der Waals surface area contributed by atoms with Gasteiger partial charge in [0.25, 0.3) is 0 Å². The number of nitrogens with zero attached hydrogens (tertiary/aromatic N) is 2. The Morgan fingerprint density at radius 3 is 3.00 bits per heavy atom. The van der Waals surface area contributed by atoms with E-state index in [9.17, 15) is 0 Å². The van der Waals surface area contributed by atoms with Crippen molar-refractivity contribution in [3.8, 4) is 0 Å². The molecule has 1 fully saturated rings. The minimum atomic E-state index is 0.413. The van der Waals surface area contributed by atoms with Gasteiger partial charge in [0.2, 0.25) is 0 Å². The van der Waals surface area contributed by atoms with E-state index in [0.717, 1.165) is 0 Å². The van der Waals surface area contributed by atoms with Crippen molar-refractivity contribution in [3.05, 3.63) is 18.0 Å². The highest BCUT2D eigenvalue weighted by Crippen LogP contribution is 2.33. The number of hydrogen-bond acceptors (Lipinski definition) is 3. The maximum atomic E-state index is 4.50. The number of nitrogens with one attached hydrogen (secondary N) is 1. The van der Waals surface area contributed by atoms with Gasteiger partial charge in [-0.2, -0.15) is 16.9 Å². The van der Waals surface area contributed by atoms with Gasteiger partial charge in [0.15, 0.2) is 0 Å². The number of aryl methyl sites for hydroxylation is 1. The smallest absolute Gasteiger partial charge is 0.0805 e. The molecule has 1 saturated heterocycles. The third kappa shape index (κ3) is 2.55. The van der Waals surface area contributed by atoms with E-state index in [1.54, 1.807) is 0 Å². The molecular formula is C11H19N3S. The van der Waals surface area contributed by atoms with Gasteiger partial charge >= 0.3 is 0 Å². The standard InChI is InChI=1S/C11H19N3S/c1-12-11(9-6-7-14(2)13-9)10-5-3-4-8-15-10/h6-7,10-12H,3-5,8H2,1-2H3. The van der Waals surface area contributed by atoms with Crippen LogP contribution in [0.15, 0.2) is 12.3 Å². The molecule has 3 nitrogen and oxygen atoms in total. The molecule has 2 heterocycles. The van der Waals surface area contributed by atoms with E-state index in [1.165, 1.54) is 30.7 Å². The van der Waals surface area contributed by atoms with Crippen LogP contribution >= 0.6 is 11.8 Å². The molecule has 0 aliphatic carbocycles. The van der Waals surface area contributed by atoms with Crippen LogP contribution in [0.1, 0.15) is 31.0 Å². The molecule has 0 aromatic carbocycles. The highest BCUT2D eigenvalue weighted by molar-refractivity contribution is 8.00. The number of aromatic nitrogens is 2. The molecular weight excluding hydrogens is 206 g/mol. The lowest BCUT2D eigenvalue weighted by Crippen LogP contribution is -2.29. The van der Waals surface area contributed by atoms with Gasteiger partial charge in [0.1, 0.15) is 0 Å². The largest absolute Gasteiger partial charge is 0.311 e. The molecule has 1 N–H and O–H groups in total. The van der Waals surface area contributed by atoms with Gasteiger partial charge in [-0.15, -0.1) is 0 Å². The molecule has 0 saturated carbocycles. The minimum absolute atomic E-state index is 0.413. The van der Waals surface area contributed by atoms with Crippen LogP contribution in [-0.2, 0) is 7.05 Å². The van der Waals surface area contributed by atoms with E-state index in [-0.39, 0.29) is 0 Å². The fourth-order valence-corrected chi connectivity index (χ4v) is 3.63. The first-order valence-corrected chi connectivity index (χ1v) is 6.64. The quantitative estimate of drug-likeness (QED) is 0.853. The van der Waals surface area contributed by atoms with Crippen LogP contribution in [0.3, 0.4) is 0 Å². The van der Waals surface area contributed by atoms with Crippen molar-refractivity contribution in [2.45, 2.75) is 30.6 Å². The monoisotopic (exact) mass is 225 g/mol. The topological polar surface area (TPSA) is 29.9 Å². The number of rotatable bonds is 3. The summed E-state index contributed by atoms with van der Waals surface area (Å²) in [5.74, 6) is 1.30. The first kappa shape index (κ1) is 11.0. The Labute approximate surface area is 95.6 Å². The summed E-state index contributed by atoms with van der Waals surface area (Å²) in [6.07, 6.45) is 6.07. The Hall–Kier alpha value is -0.480. The zero-order valence-corrected chi connectivity index (χ0v) is 10.3. The Balaban J connectivity index is 2.08. The van der Waals surface area contributed by atoms with Crippen molar-refractivity contribution in [2.24, 2.45) is 7.05 Å². The van der Waals surface area contributed by atoms with E-state index in [4.69, 9.17) is 0 Å². The average Bonchev–Trinajstić information content (AvgIpc) is 2.68. The summed E-state index contributed by atoms with van der Waals surface area (Å²) in [6.45, 7) is 0. The Bertz CT molecular complexity index is 305. The number of hydrogen-bond donors (Lipinski definition) is 1. The zero-order chi connectivity index (χ0) is 10.7. The van der Waals surface area contributed by atoms with E-state index in [0.29, 0.717) is 11.3 Å². The first-order chi connectivity index (χ1) is 7.31. The molecule has 1 aliphatic rings. The molecule has 2 atom stereocenters. The fraction of sp³-hybridized carbons (Fsp3) is 0.727. The van der Waals surface area contributed by atoms with Crippen molar-refractivity contribution < 1.29 is 0 Å². The van der Waals surface area contributed by atoms with Crippen LogP contribution in [0.4, 0.5) is 0 Å². The SMILES string of the molecule is CNC(c1ccn(C)n1)C1CCCCS1. The molecule has 1 aliphatic heterocycles. The van der Waals surface area contributed by atoms with E-state index in [2.05, 4.69) is 28.2 Å². The Morgan fingerprint density at radius 1 is 1.60 bits per heavy atom. The van der Waals surface area contributed by atoms with Crippen LogP contribution in [0.2, 0.25) is 0 Å². The predicted octanol–water partition coefficient (Wildman–Crippen LogP) is 1.97. The van der Waals surface area contributed by atoms with Crippen LogP contribution in [0, 0.1) is 0 Å². The summed E-state index contributed by atoms with van der Waals surface area (Å²) >= 11 is 2.09. The molecule has 84 valence electrons. The Kier molecular flexibility index (Phi) is 3.70. The summed E-state index contributed by atoms with van der Waals surface area (Å²) in [5.41, 5.74) is 1.18. The van der Waals surface area contributed by atoms with E-state index >= 15 is 0 Å². The lowest BCUT2D eigenvalue weighted by atomic mass is 10.0. The molecule has 2 unspecified atom stereocenters. The van der Waals surface area contributed by atoms with E-state index < -0.39 is 0 Å². The van der Waals surface area contributed by atoms with Gasteiger partial charge in [0.05, 0.1) is 11.7 Å². The van der Waals surface area contributed by atoms with Gasteiger partial charge < -0.3 is 5.32 Å². The van der Waals surface area contributed by atoms with Gasteiger partial charge in [-0.3, -0.25) is 4.68 Å². The van der Waals surface area contributed by atoms with E-state index in [1.807, 2.05) is 25.0 Å². The molecule has 4 heteroatoms. The minimum Gasteiger partial charge on any atom is -0.311 e. The third-order valence-corrected chi connectivity index (χ3v) is 4.41. The van der Waals surface area contributed by atoms with Crippen molar-refractivity contribution in [1.29, 1.82) is 0 Å². The van der Waals surface area contributed by atoms with Gasteiger partial charge in [-0.25, -0.2) is 0 Å². The third-order valence-electron chi connectivity index (χ3n) is 2.95.